The predicted molar refractivity (Wildman–Crippen MR) is 80.5 cm³/mol. The van der Waals surface area contributed by atoms with Crippen LogP contribution in [0.2, 0.25) is 0 Å². The zero-order chi connectivity index (χ0) is 13.9. The molecule has 3 aliphatic rings. The van der Waals surface area contributed by atoms with Gasteiger partial charge >= 0.3 is 0 Å². The summed E-state index contributed by atoms with van der Waals surface area (Å²) < 4.78 is 2.08. The lowest BCUT2D eigenvalue weighted by molar-refractivity contribution is 0.373. The SMILES string of the molecule is CNC(Cc1ccn(C(C)C)n1)C1C2C3CCC(C3)C21. The molecule has 110 valence electrons. The van der Waals surface area contributed by atoms with Crippen LogP contribution >= 0.6 is 0 Å². The lowest BCUT2D eigenvalue weighted by Crippen LogP contribution is -2.32. The first-order valence-electron chi connectivity index (χ1n) is 8.40. The first-order chi connectivity index (χ1) is 9.69. The highest BCUT2D eigenvalue weighted by Crippen LogP contribution is 2.70. The minimum atomic E-state index is 0.466. The predicted octanol–water partition coefficient (Wildman–Crippen LogP) is 2.89. The van der Waals surface area contributed by atoms with E-state index in [1.54, 1.807) is 6.42 Å². The minimum Gasteiger partial charge on any atom is -0.316 e. The Balaban J connectivity index is 1.44. The molecule has 0 aliphatic heterocycles. The third-order valence-corrected chi connectivity index (χ3v) is 6.25. The third kappa shape index (κ3) is 1.86. The Bertz CT molecular complexity index is 476. The van der Waals surface area contributed by atoms with Gasteiger partial charge in [-0.2, -0.15) is 5.10 Å². The average Bonchev–Trinajstić information content (AvgIpc) is 2.85. The number of likely N-dealkylation sites (N-methyl/N-ethyl adjacent to an activating group) is 1. The Labute approximate surface area is 122 Å². The molecule has 3 aliphatic carbocycles. The van der Waals surface area contributed by atoms with Crippen molar-refractivity contribution in [3.05, 3.63) is 18.0 Å². The van der Waals surface area contributed by atoms with Gasteiger partial charge in [-0.05, 0) is 75.8 Å². The summed E-state index contributed by atoms with van der Waals surface area (Å²) in [4.78, 5) is 0. The molecule has 1 aromatic rings. The quantitative estimate of drug-likeness (QED) is 0.894. The van der Waals surface area contributed by atoms with E-state index < -0.39 is 0 Å². The smallest absolute Gasteiger partial charge is 0.0640 e. The Morgan fingerprint density at radius 3 is 2.55 bits per heavy atom. The molecule has 3 heteroatoms. The van der Waals surface area contributed by atoms with Gasteiger partial charge in [0.05, 0.1) is 5.69 Å². The molecule has 5 unspecified atom stereocenters. The van der Waals surface area contributed by atoms with Gasteiger partial charge in [-0.15, -0.1) is 0 Å². The van der Waals surface area contributed by atoms with E-state index in [9.17, 15) is 0 Å². The number of hydrogen-bond donors (Lipinski definition) is 1. The van der Waals surface area contributed by atoms with Gasteiger partial charge in [0.2, 0.25) is 0 Å². The lowest BCUT2D eigenvalue weighted by Gasteiger charge is -2.19. The maximum Gasteiger partial charge on any atom is 0.0640 e. The first kappa shape index (κ1) is 12.9. The molecule has 0 spiro atoms. The van der Waals surface area contributed by atoms with Crippen molar-refractivity contribution in [2.24, 2.45) is 29.6 Å². The second-order valence-electron chi connectivity index (χ2n) is 7.55. The average molecular weight is 273 g/mol. The standard InChI is InChI=1S/C17H27N3/c1-10(2)20-7-6-13(19-20)9-14(18-3)17-15-11-4-5-12(8-11)16(15)17/h6-7,10-12,14-18H,4-5,8-9H2,1-3H3. The summed E-state index contributed by atoms with van der Waals surface area (Å²) in [5, 5.41) is 8.33. The van der Waals surface area contributed by atoms with Crippen LogP contribution in [0.25, 0.3) is 0 Å². The number of nitrogens with one attached hydrogen (secondary N) is 1. The van der Waals surface area contributed by atoms with Gasteiger partial charge in [-0.3, -0.25) is 4.68 Å². The summed E-state index contributed by atoms with van der Waals surface area (Å²) >= 11 is 0. The van der Waals surface area contributed by atoms with Gasteiger partial charge in [0.1, 0.15) is 0 Å². The molecule has 0 saturated heterocycles. The van der Waals surface area contributed by atoms with Crippen molar-refractivity contribution in [2.75, 3.05) is 7.05 Å². The fourth-order valence-electron chi connectivity index (χ4n) is 5.36. The highest BCUT2D eigenvalue weighted by Gasteiger charge is 2.66. The van der Waals surface area contributed by atoms with Crippen LogP contribution in [0.15, 0.2) is 12.3 Å². The van der Waals surface area contributed by atoms with Crippen LogP contribution in [0, 0.1) is 29.6 Å². The summed E-state index contributed by atoms with van der Waals surface area (Å²) in [5.74, 6) is 5.19. The van der Waals surface area contributed by atoms with E-state index in [1.807, 2.05) is 0 Å². The minimum absolute atomic E-state index is 0.466. The lowest BCUT2D eigenvalue weighted by atomic mass is 9.95. The van der Waals surface area contributed by atoms with E-state index in [-0.39, 0.29) is 0 Å². The van der Waals surface area contributed by atoms with Crippen LogP contribution in [-0.2, 0) is 6.42 Å². The summed E-state index contributed by atoms with van der Waals surface area (Å²) in [6, 6.07) is 3.31. The number of aromatic nitrogens is 2. The fourth-order valence-corrected chi connectivity index (χ4v) is 5.36. The van der Waals surface area contributed by atoms with Gasteiger partial charge in [-0.25, -0.2) is 0 Å². The van der Waals surface area contributed by atoms with E-state index in [0.29, 0.717) is 12.1 Å². The van der Waals surface area contributed by atoms with Gasteiger partial charge < -0.3 is 5.32 Å². The molecule has 1 N–H and O–H groups in total. The molecule has 3 nitrogen and oxygen atoms in total. The highest BCUT2D eigenvalue weighted by molar-refractivity contribution is 5.17. The van der Waals surface area contributed by atoms with Crippen LogP contribution < -0.4 is 5.32 Å². The molecule has 20 heavy (non-hydrogen) atoms. The van der Waals surface area contributed by atoms with Gasteiger partial charge in [0.25, 0.3) is 0 Å². The van der Waals surface area contributed by atoms with E-state index in [2.05, 4.69) is 43.2 Å². The molecular formula is C17H27N3. The Kier molecular flexibility index (Phi) is 2.95. The van der Waals surface area contributed by atoms with E-state index in [4.69, 9.17) is 5.10 Å². The zero-order valence-electron chi connectivity index (χ0n) is 12.9. The monoisotopic (exact) mass is 273 g/mol. The molecule has 5 atom stereocenters. The second kappa shape index (κ2) is 4.59. The van der Waals surface area contributed by atoms with Crippen molar-refractivity contribution in [3.8, 4) is 0 Å². The van der Waals surface area contributed by atoms with Crippen molar-refractivity contribution in [1.82, 2.24) is 15.1 Å². The molecule has 0 amide bonds. The van der Waals surface area contributed by atoms with Crippen LogP contribution in [0.4, 0.5) is 0 Å². The van der Waals surface area contributed by atoms with Crippen LogP contribution in [0.3, 0.4) is 0 Å². The Morgan fingerprint density at radius 1 is 1.30 bits per heavy atom. The van der Waals surface area contributed by atoms with Crippen LogP contribution in [0.5, 0.6) is 0 Å². The third-order valence-electron chi connectivity index (χ3n) is 6.25. The largest absolute Gasteiger partial charge is 0.316 e. The van der Waals surface area contributed by atoms with Crippen molar-refractivity contribution >= 4 is 0 Å². The molecule has 0 radical (unpaired) electrons. The molecule has 1 heterocycles. The molecule has 3 fully saturated rings. The normalized spacial score (nSPS) is 39.3. The number of nitrogens with zero attached hydrogens (tertiary/aromatic N) is 2. The van der Waals surface area contributed by atoms with Crippen LogP contribution in [0.1, 0.15) is 44.8 Å². The highest BCUT2D eigenvalue weighted by atomic mass is 15.3. The Hall–Kier alpha value is -0.830. The van der Waals surface area contributed by atoms with Crippen molar-refractivity contribution in [2.45, 2.75) is 51.6 Å². The Morgan fingerprint density at radius 2 is 2.00 bits per heavy atom. The van der Waals surface area contributed by atoms with E-state index >= 15 is 0 Å². The summed E-state index contributed by atoms with van der Waals surface area (Å²) in [6.45, 7) is 4.38. The van der Waals surface area contributed by atoms with Gasteiger partial charge in [-0.1, -0.05) is 0 Å². The van der Waals surface area contributed by atoms with Gasteiger partial charge in [0, 0.05) is 24.7 Å². The zero-order valence-corrected chi connectivity index (χ0v) is 12.9. The molecule has 1 aromatic heterocycles. The van der Waals surface area contributed by atoms with E-state index in [0.717, 1.165) is 36.0 Å². The van der Waals surface area contributed by atoms with Crippen molar-refractivity contribution < 1.29 is 0 Å². The first-order valence-corrected chi connectivity index (χ1v) is 8.40. The van der Waals surface area contributed by atoms with Crippen LogP contribution in [-0.4, -0.2) is 22.9 Å². The molecule has 2 bridgehead atoms. The molecule has 0 aromatic carbocycles. The maximum atomic E-state index is 4.73. The van der Waals surface area contributed by atoms with Crippen molar-refractivity contribution in [3.63, 3.8) is 0 Å². The van der Waals surface area contributed by atoms with Gasteiger partial charge in [0.15, 0.2) is 0 Å². The topological polar surface area (TPSA) is 29.9 Å². The molecule has 4 rings (SSSR count). The number of hydrogen-bond acceptors (Lipinski definition) is 2. The van der Waals surface area contributed by atoms with Crippen molar-refractivity contribution in [1.29, 1.82) is 0 Å². The second-order valence-corrected chi connectivity index (χ2v) is 7.55. The summed E-state index contributed by atoms with van der Waals surface area (Å²) in [5.41, 5.74) is 1.26. The molecule has 3 saturated carbocycles. The fraction of sp³-hybridized carbons (Fsp3) is 0.824. The summed E-state index contributed by atoms with van der Waals surface area (Å²) in [6.07, 6.45) is 7.81. The number of fused-ring (bicyclic) bond motifs is 5. The summed E-state index contributed by atoms with van der Waals surface area (Å²) in [7, 11) is 2.14. The maximum absolute atomic E-state index is 4.73. The van der Waals surface area contributed by atoms with E-state index in [1.165, 1.54) is 18.5 Å². The molecular weight excluding hydrogens is 246 g/mol. The number of rotatable bonds is 5.